The number of furan rings is 2. The Kier molecular flexibility index (Phi) is 14.4. The van der Waals surface area contributed by atoms with Gasteiger partial charge in [0.15, 0.2) is 22.7 Å². The summed E-state index contributed by atoms with van der Waals surface area (Å²) < 4.78 is 47.6. The Morgan fingerprint density at radius 2 is 1.04 bits per heavy atom. The van der Waals surface area contributed by atoms with Crippen LogP contribution in [0, 0.1) is 0 Å². The predicted molar refractivity (Wildman–Crippen MR) is 195 cm³/mol. The zero-order chi connectivity index (χ0) is 38.3. The van der Waals surface area contributed by atoms with Gasteiger partial charge in [-0.3, -0.25) is 0 Å². The second-order valence-electron chi connectivity index (χ2n) is 10.9. The van der Waals surface area contributed by atoms with E-state index in [1.165, 1.54) is 24.3 Å². The van der Waals surface area contributed by atoms with E-state index in [1.54, 1.807) is 84.8 Å². The average Bonchev–Trinajstić information content (AvgIpc) is 3.81. The van der Waals surface area contributed by atoms with E-state index >= 15 is 0 Å². The normalized spacial score (nSPS) is 10.3. The minimum atomic E-state index is -0.363. The fourth-order valence-electron chi connectivity index (χ4n) is 4.85. The van der Waals surface area contributed by atoms with E-state index in [4.69, 9.17) is 52.2 Å². The molecule has 0 aliphatic rings. The number of carbonyl (C=O) groups excluding carboxylic acids is 2. The second-order valence-corrected chi connectivity index (χ2v) is 10.9. The van der Waals surface area contributed by atoms with E-state index in [9.17, 15) is 9.59 Å². The fourth-order valence-corrected chi connectivity index (χ4v) is 4.85. The van der Waals surface area contributed by atoms with Crippen molar-refractivity contribution in [3.63, 3.8) is 0 Å². The van der Waals surface area contributed by atoms with Gasteiger partial charge in [0.05, 0.1) is 52.8 Å². The van der Waals surface area contributed by atoms with Crippen LogP contribution >= 0.6 is 0 Å². The molecule has 280 valence electrons. The first-order chi connectivity index (χ1) is 25.7. The standard InChI is InChI=1S/C20H20O6.C11H12O4.C9H10O3/c1-4-24-20(21)13-5-7-15(8-6-13)25-12-17-10-14-9-16(22-2)11-18(23-3)19(14)26-17;1-13-8-3-7-4-9(6-12)15-11(7)10(5-8)14-2;1-2-12-9(11)7-3-5-8(10)6-4-7/h5-11H,4,12H2,1-3H3;3-5,12H,6H2,1-2H3;3-6,10H,2H2,1H3. The highest BCUT2D eigenvalue weighted by molar-refractivity contribution is 5.90. The van der Waals surface area contributed by atoms with Crippen LogP contribution in [0.4, 0.5) is 0 Å². The van der Waals surface area contributed by atoms with Crippen LogP contribution in [0.25, 0.3) is 21.9 Å². The van der Waals surface area contributed by atoms with Crippen molar-refractivity contribution in [2.45, 2.75) is 27.1 Å². The van der Waals surface area contributed by atoms with Crippen molar-refractivity contribution in [1.29, 1.82) is 0 Å². The molecule has 6 aromatic rings. The molecule has 53 heavy (non-hydrogen) atoms. The number of aromatic hydroxyl groups is 1. The van der Waals surface area contributed by atoms with Crippen molar-refractivity contribution in [2.75, 3.05) is 41.7 Å². The maximum absolute atomic E-state index is 11.6. The highest BCUT2D eigenvalue weighted by Gasteiger charge is 2.13. The maximum Gasteiger partial charge on any atom is 0.338 e. The number of benzene rings is 4. The van der Waals surface area contributed by atoms with Gasteiger partial charge in [0.1, 0.15) is 47.7 Å². The van der Waals surface area contributed by atoms with Crippen LogP contribution in [-0.2, 0) is 22.7 Å². The lowest BCUT2D eigenvalue weighted by molar-refractivity contribution is 0.0516. The van der Waals surface area contributed by atoms with Crippen molar-refractivity contribution < 1.29 is 61.8 Å². The van der Waals surface area contributed by atoms with E-state index in [1.807, 2.05) is 18.2 Å². The van der Waals surface area contributed by atoms with Gasteiger partial charge in [0, 0.05) is 22.9 Å². The Bertz CT molecular complexity index is 2080. The first-order valence-electron chi connectivity index (χ1n) is 16.4. The summed E-state index contributed by atoms with van der Waals surface area (Å²) in [6.07, 6.45) is 0. The number of carbonyl (C=O) groups is 2. The number of hydrogen-bond donors (Lipinski definition) is 2. The molecular weight excluding hydrogens is 688 g/mol. The van der Waals surface area contributed by atoms with E-state index in [-0.39, 0.29) is 30.9 Å². The van der Waals surface area contributed by atoms with Gasteiger partial charge in [0.25, 0.3) is 0 Å². The molecule has 0 unspecified atom stereocenters. The maximum atomic E-state index is 11.6. The number of aliphatic hydroxyl groups excluding tert-OH is 1. The number of ether oxygens (including phenoxy) is 7. The Labute approximate surface area is 306 Å². The molecule has 2 heterocycles. The summed E-state index contributed by atoms with van der Waals surface area (Å²) in [5.41, 5.74) is 2.21. The largest absolute Gasteiger partial charge is 0.508 e. The molecule has 4 aromatic carbocycles. The summed E-state index contributed by atoms with van der Waals surface area (Å²) in [5, 5.41) is 19.6. The van der Waals surface area contributed by atoms with E-state index in [0.29, 0.717) is 75.8 Å². The van der Waals surface area contributed by atoms with Crippen LogP contribution in [0.1, 0.15) is 46.1 Å². The molecule has 0 amide bonds. The quantitative estimate of drug-likeness (QED) is 0.118. The summed E-state index contributed by atoms with van der Waals surface area (Å²) >= 11 is 0. The zero-order valence-corrected chi connectivity index (χ0v) is 30.3. The molecule has 2 N–H and O–H groups in total. The van der Waals surface area contributed by atoms with Crippen LogP contribution in [0.5, 0.6) is 34.5 Å². The SMILES string of the molecule is CCOC(=O)c1ccc(O)cc1.CCOC(=O)c1ccc(OCc2cc3cc(OC)cc(OC)c3o2)cc1.COc1cc(OC)c2oc(CO)cc2c1. The third-order valence-electron chi connectivity index (χ3n) is 7.41. The second kappa shape index (κ2) is 19.3. The van der Waals surface area contributed by atoms with Crippen LogP contribution < -0.4 is 23.7 Å². The molecule has 0 bridgehead atoms. The van der Waals surface area contributed by atoms with Crippen molar-refractivity contribution in [3.05, 3.63) is 108 Å². The lowest BCUT2D eigenvalue weighted by Gasteiger charge is -2.06. The topological polar surface area (TPSA) is 165 Å². The van der Waals surface area contributed by atoms with Gasteiger partial charge in [-0.1, -0.05) is 0 Å². The lowest BCUT2D eigenvalue weighted by Crippen LogP contribution is -2.04. The fraction of sp³-hybridized carbons (Fsp3) is 0.250. The molecule has 0 atom stereocenters. The Morgan fingerprint density at radius 3 is 1.47 bits per heavy atom. The van der Waals surface area contributed by atoms with Crippen molar-refractivity contribution in [3.8, 4) is 34.5 Å². The summed E-state index contributed by atoms with van der Waals surface area (Å²) in [6.45, 7) is 4.35. The monoisotopic (exact) mass is 730 g/mol. The van der Waals surface area contributed by atoms with E-state index in [0.717, 1.165) is 10.8 Å². The highest BCUT2D eigenvalue weighted by Crippen LogP contribution is 2.35. The van der Waals surface area contributed by atoms with Crippen molar-refractivity contribution >= 4 is 33.9 Å². The minimum absolute atomic E-state index is 0.125. The summed E-state index contributed by atoms with van der Waals surface area (Å²) in [7, 11) is 6.34. The molecule has 13 nitrogen and oxygen atoms in total. The third kappa shape index (κ3) is 10.6. The minimum Gasteiger partial charge on any atom is -0.508 e. The molecule has 6 rings (SSSR count). The van der Waals surface area contributed by atoms with Gasteiger partial charge in [0.2, 0.25) is 0 Å². The summed E-state index contributed by atoms with van der Waals surface area (Å²) in [5.74, 6) is 3.81. The highest BCUT2D eigenvalue weighted by atomic mass is 16.5. The van der Waals surface area contributed by atoms with E-state index < -0.39 is 0 Å². The van der Waals surface area contributed by atoms with Gasteiger partial charge < -0.3 is 52.2 Å². The van der Waals surface area contributed by atoms with Crippen molar-refractivity contribution in [1.82, 2.24) is 0 Å². The van der Waals surface area contributed by atoms with Crippen LogP contribution in [0.15, 0.2) is 93.8 Å². The molecule has 0 saturated carbocycles. The van der Waals surface area contributed by atoms with Gasteiger partial charge in [-0.15, -0.1) is 0 Å². The zero-order valence-electron chi connectivity index (χ0n) is 30.3. The number of methoxy groups -OCH3 is 4. The van der Waals surface area contributed by atoms with Gasteiger partial charge in [-0.25, -0.2) is 9.59 Å². The number of aliphatic hydroxyl groups is 1. The first-order valence-corrected chi connectivity index (χ1v) is 16.4. The van der Waals surface area contributed by atoms with Crippen molar-refractivity contribution in [2.24, 2.45) is 0 Å². The van der Waals surface area contributed by atoms with Crippen LogP contribution in [0.3, 0.4) is 0 Å². The molecule has 0 spiro atoms. The number of esters is 2. The number of phenols is 1. The smallest absolute Gasteiger partial charge is 0.338 e. The number of phenolic OH excluding ortho intramolecular Hbond substituents is 1. The summed E-state index contributed by atoms with van der Waals surface area (Å²) in [6, 6.07) is 23.6. The van der Waals surface area contributed by atoms with Gasteiger partial charge in [-0.2, -0.15) is 0 Å². The molecule has 0 radical (unpaired) electrons. The summed E-state index contributed by atoms with van der Waals surface area (Å²) in [4.78, 5) is 22.7. The molecule has 0 saturated heterocycles. The van der Waals surface area contributed by atoms with Crippen LogP contribution in [0.2, 0.25) is 0 Å². The number of hydrogen-bond acceptors (Lipinski definition) is 13. The first kappa shape index (κ1) is 39.4. The van der Waals surface area contributed by atoms with Gasteiger partial charge >= 0.3 is 11.9 Å². The third-order valence-corrected chi connectivity index (χ3v) is 7.41. The molecule has 2 aromatic heterocycles. The number of fused-ring (bicyclic) bond motifs is 2. The molecular formula is C40H42O13. The van der Waals surface area contributed by atoms with Crippen LogP contribution in [-0.4, -0.2) is 63.8 Å². The predicted octanol–water partition coefficient (Wildman–Crippen LogP) is 7.72. The Hall–Kier alpha value is -6.34. The average molecular weight is 731 g/mol. The molecule has 13 heteroatoms. The number of rotatable bonds is 12. The van der Waals surface area contributed by atoms with Gasteiger partial charge in [-0.05, 0) is 86.6 Å². The Balaban J connectivity index is 0.000000196. The Morgan fingerprint density at radius 1 is 0.585 bits per heavy atom. The molecule has 0 aliphatic heterocycles. The molecule has 0 fully saturated rings. The lowest BCUT2D eigenvalue weighted by atomic mass is 10.2. The van der Waals surface area contributed by atoms with E-state index in [2.05, 4.69) is 0 Å². The molecule has 0 aliphatic carbocycles.